The average molecular weight is 313 g/mol. The van der Waals surface area contributed by atoms with Gasteiger partial charge in [-0.1, -0.05) is 28.4 Å². The van der Waals surface area contributed by atoms with Crippen molar-refractivity contribution in [3.8, 4) is 11.3 Å². The van der Waals surface area contributed by atoms with Gasteiger partial charge in [-0.3, -0.25) is 4.79 Å². The summed E-state index contributed by atoms with van der Waals surface area (Å²) in [7, 11) is 0. The average Bonchev–Trinajstić information content (AvgIpc) is 2.93. The fourth-order valence-corrected chi connectivity index (χ4v) is 2.13. The highest BCUT2D eigenvalue weighted by Gasteiger charge is 2.18. The van der Waals surface area contributed by atoms with Crippen LogP contribution >= 0.6 is 23.2 Å². The minimum atomic E-state index is -0.148. The Bertz CT molecular complexity index is 621. The molecule has 2 aromatic rings. The standard InChI is InChI=1S/C14H14Cl2N2O2/c1-3-18(4-2)14(19)12-8-13(20-17-12)9-5-6-10(15)11(16)7-9/h5-8H,3-4H2,1-2H3. The molecule has 1 heterocycles. The third-order valence-electron chi connectivity index (χ3n) is 2.98. The molecule has 1 aromatic carbocycles. The van der Waals surface area contributed by atoms with Crippen LogP contribution in [0.3, 0.4) is 0 Å². The first-order valence-electron chi connectivity index (χ1n) is 6.28. The van der Waals surface area contributed by atoms with Crippen LogP contribution in [-0.4, -0.2) is 29.1 Å². The lowest BCUT2D eigenvalue weighted by atomic mass is 10.1. The zero-order valence-corrected chi connectivity index (χ0v) is 12.7. The van der Waals surface area contributed by atoms with E-state index in [-0.39, 0.29) is 11.6 Å². The smallest absolute Gasteiger partial charge is 0.276 e. The molecule has 6 heteroatoms. The number of benzene rings is 1. The molecule has 106 valence electrons. The van der Waals surface area contributed by atoms with E-state index >= 15 is 0 Å². The molecular weight excluding hydrogens is 299 g/mol. The Kier molecular flexibility index (Phi) is 4.68. The SMILES string of the molecule is CCN(CC)C(=O)c1cc(-c2ccc(Cl)c(Cl)c2)on1. The van der Waals surface area contributed by atoms with Crippen LogP contribution in [0.15, 0.2) is 28.8 Å². The second-order valence-corrected chi connectivity index (χ2v) is 5.00. The number of hydrogen-bond acceptors (Lipinski definition) is 3. The van der Waals surface area contributed by atoms with E-state index in [1.807, 2.05) is 13.8 Å². The van der Waals surface area contributed by atoms with Crippen molar-refractivity contribution in [3.05, 3.63) is 40.0 Å². The van der Waals surface area contributed by atoms with Crippen molar-refractivity contribution >= 4 is 29.1 Å². The molecule has 0 aliphatic heterocycles. The molecule has 0 saturated heterocycles. The third-order valence-corrected chi connectivity index (χ3v) is 3.72. The maximum Gasteiger partial charge on any atom is 0.276 e. The zero-order valence-electron chi connectivity index (χ0n) is 11.2. The molecule has 0 spiro atoms. The van der Waals surface area contributed by atoms with Gasteiger partial charge in [-0.05, 0) is 32.0 Å². The zero-order chi connectivity index (χ0) is 14.7. The quantitative estimate of drug-likeness (QED) is 0.852. The number of rotatable bonds is 4. The van der Waals surface area contributed by atoms with Crippen LogP contribution in [-0.2, 0) is 0 Å². The number of nitrogens with zero attached hydrogens (tertiary/aromatic N) is 2. The molecule has 0 radical (unpaired) electrons. The summed E-state index contributed by atoms with van der Waals surface area (Å²) >= 11 is 11.8. The summed E-state index contributed by atoms with van der Waals surface area (Å²) in [5.41, 5.74) is 1.01. The monoisotopic (exact) mass is 312 g/mol. The van der Waals surface area contributed by atoms with Gasteiger partial charge in [0.1, 0.15) is 0 Å². The van der Waals surface area contributed by atoms with E-state index in [1.165, 1.54) is 0 Å². The number of hydrogen-bond donors (Lipinski definition) is 0. The predicted octanol–water partition coefficient (Wildman–Crippen LogP) is 4.13. The molecule has 0 N–H and O–H groups in total. The van der Waals surface area contributed by atoms with E-state index in [0.717, 1.165) is 5.56 Å². The van der Waals surface area contributed by atoms with Crippen molar-refractivity contribution in [2.75, 3.05) is 13.1 Å². The second-order valence-electron chi connectivity index (χ2n) is 4.18. The lowest BCUT2D eigenvalue weighted by Crippen LogP contribution is -2.30. The summed E-state index contributed by atoms with van der Waals surface area (Å²) in [6.07, 6.45) is 0. The van der Waals surface area contributed by atoms with E-state index in [4.69, 9.17) is 27.7 Å². The summed E-state index contributed by atoms with van der Waals surface area (Å²) in [6, 6.07) is 6.73. The summed E-state index contributed by atoms with van der Waals surface area (Å²) in [5.74, 6) is 0.337. The summed E-state index contributed by atoms with van der Waals surface area (Å²) in [6.45, 7) is 5.09. The number of amides is 1. The first-order chi connectivity index (χ1) is 9.56. The van der Waals surface area contributed by atoms with Gasteiger partial charge in [0.05, 0.1) is 10.0 Å². The second kappa shape index (κ2) is 6.29. The highest BCUT2D eigenvalue weighted by Crippen LogP contribution is 2.29. The van der Waals surface area contributed by atoms with Gasteiger partial charge in [0, 0.05) is 24.7 Å². The highest BCUT2D eigenvalue weighted by atomic mass is 35.5. The largest absolute Gasteiger partial charge is 0.355 e. The van der Waals surface area contributed by atoms with Gasteiger partial charge in [0.15, 0.2) is 11.5 Å². The minimum Gasteiger partial charge on any atom is -0.355 e. The number of carbonyl (C=O) groups excluding carboxylic acids is 1. The Morgan fingerprint density at radius 2 is 1.90 bits per heavy atom. The van der Waals surface area contributed by atoms with E-state index in [0.29, 0.717) is 28.9 Å². The van der Waals surface area contributed by atoms with Crippen molar-refractivity contribution in [2.45, 2.75) is 13.8 Å². The molecule has 0 fully saturated rings. The Morgan fingerprint density at radius 1 is 1.20 bits per heavy atom. The molecule has 0 saturated carbocycles. The number of aromatic nitrogens is 1. The molecule has 2 rings (SSSR count). The van der Waals surface area contributed by atoms with Gasteiger partial charge in [0.2, 0.25) is 0 Å². The van der Waals surface area contributed by atoms with Crippen LogP contribution in [0.4, 0.5) is 0 Å². The summed E-state index contributed by atoms with van der Waals surface area (Å²) in [4.78, 5) is 13.8. The highest BCUT2D eigenvalue weighted by molar-refractivity contribution is 6.42. The topological polar surface area (TPSA) is 46.3 Å². The van der Waals surface area contributed by atoms with E-state index in [1.54, 1.807) is 29.2 Å². The first kappa shape index (κ1) is 14.9. The predicted molar refractivity (Wildman–Crippen MR) is 79.2 cm³/mol. The van der Waals surface area contributed by atoms with E-state index < -0.39 is 0 Å². The Morgan fingerprint density at radius 3 is 2.50 bits per heavy atom. The minimum absolute atomic E-state index is 0.148. The van der Waals surface area contributed by atoms with Gasteiger partial charge in [-0.15, -0.1) is 0 Å². The maximum atomic E-state index is 12.1. The van der Waals surface area contributed by atoms with Gasteiger partial charge >= 0.3 is 0 Å². The Labute approximate surface area is 127 Å². The van der Waals surface area contributed by atoms with Crippen molar-refractivity contribution in [3.63, 3.8) is 0 Å². The molecule has 1 amide bonds. The molecule has 0 aliphatic carbocycles. The Hall–Kier alpha value is -1.52. The van der Waals surface area contributed by atoms with Crippen molar-refractivity contribution in [1.29, 1.82) is 0 Å². The molecule has 20 heavy (non-hydrogen) atoms. The lowest BCUT2D eigenvalue weighted by Gasteiger charge is -2.16. The van der Waals surface area contributed by atoms with Gasteiger partial charge in [-0.25, -0.2) is 0 Å². The summed E-state index contributed by atoms with van der Waals surface area (Å²) < 4.78 is 5.21. The van der Waals surface area contributed by atoms with E-state index in [2.05, 4.69) is 5.16 Å². The van der Waals surface area contributed by atoms with Crippen LogP contribution < -0.4 is 0 Å². The lowest BCUT2D eigenvalue weighted by molar-refractivity contribution is 0.0762. The molecule has 0 bridgehead atoms. The fraction of sp³-hybridized carbons (Fsp3) is 0.286. The molecule has 1 aromatic heterocycles. The molecule has 4 nitrogen and oxygen atoms in total. The van der Waals surface area contributed by atoms with Crippen LogP contribution in [0.5, 0.6) is 0 Å². The van der Waals surface area contributed by atoms with Crippen molar-refractivity contribution < 1.29 is 9.32 Å². The first-order valence-corrected chi connectivity index (χ1v) is 7.03. The molecule has 0 aliphatic rings. The Balaban J connectivity index is 2.28. The van der Waals surface area contributed by atoms with Crippen LogP contribution in [0.2, 0.25) is 10.0 Å². The van der Waals surface area contributed by atoms with Crippen LogP contribution in [0.25, 0.3) is 11.3 Å². The summed E-state index contributed by atoms with van der Waals surface area (Å²) in [5, 5.41) is 4.71. The molecule has 0 atom stereocenters. The maximum absolute atomic E-state index is 12.1. The molecular formula is C14H14Cl2N2O2. The molecule has 0 unspecified atom stereocenters. The third kappa shape index (κ3) is 2.97. The van der Waals surface area contributed by atoms with Crippen molar-refractivity contribution in [2.24, 2.45) is 0 Å². The van der Waals surface area contributed by atoms with Crippen molar-refractivity contribution in [1.82, 2.24) is 10.1 Å². The normalized spacial score (nSPS) is 10.6. The van der Waals surface area contributed by atoms with Gasteiger partial charge < -0.3 is 9.42 Å². The van der Waals surface area contributed by atoms with Gasteiger partial charge in [0.25, 0.3) is 5.91 Å². The van der Waals surface area contributed by atoms with E-state index in [9.17, 15) is 4.79 Å². The van der Waals surface area contributed by atoms with Crippen LogP contribution in [0, 0.1) is 0 Å². The number of halogens is 2. The van der Waals surface area contributed by atoms with Crippen LogP contribution in [0.1, 0.15) is 24.3 Å². The number of carbonyl (C=O) groups is 1. The van der Waals surface area contributed by atoms with Gasteiger partial charge in [-0.2, -0.15) is 0 Å². The fourth-order valence-electron chi connectivity index (χ4n) is 1.83.